The van der Waals surface area contributed by atoms with Crippen LogP contribution in [0.5, 0.6) is 0 Å². The number of pyridine rings is 1. The van der Waals surface area contributed by atoms with Gasteiger partial charge in [-0.25, -0.2) is 0 Å². The Balaban J connectivity index is 2.14. The fraction of sp³-hybridized carbons (Fsp3) is 0.500. The Labute approximate surface area is 83.1 Å². The van der Waals surface area contributed by atoms with E-state index >= 15 is 0 Å². The molecule has 0 saturated heterocycles. The average molecular weight is 197 g/mol. The fourth-order valence-corrected chi connectivity index (χ4v) is 1.77. The molecular formula is C10H13ClN2. The molecule has 1 aliphatic rings. The van der Waals surface area contributed by atoms with Crippen LogP contribution >= 0.6 is 11.6 Å². The SMILES string of the molecule is NCC1(Cc2ccncc2Cl)CC1. The van der Waals surface area contributed by atoms with Gasteiger partial charge in [0.05, 0.1) is 5.02 Å². The van der Waals surface area contributed by atoms with Gasteiger partial charge >= 0.3 is 0 Å². The first-order valence-corrected chi connectivity index (χ1v) is 4.92. The molecule has 1 aromatic rings. The number of hydrogen-bond donors (Lipinski definition) is 1. The smallest absolute Gasteiger partial charge is 0.0621 e. The summed E-state index contributed by atoms with van der Waals surface area (Å²) in [7, 11) is 0. The monoisotopic (exact) mass is 196 g/mol. The predicted octanol–water partition coefficient (Wildman–Crippen LogP) is 2.02. The zero-order chi connectivity index (χ0) is 9.31. The number of aromatic nitrogens is 1. The van der Waals surface area contributed by atoms with Crippen molar-refractivity contribution in [2.75, 3.05) is 6.54 Å². The van der Waals surface area contributed by atoms with E-state index in [4.69, 9.17) is 17.3 Å². The van der Waals surface area contributed by atoms with Crippen molar-refractivity contribution in [3.63, 3.8) is 0 Å². The van der Waals surface area contributed by atoms with Crippen molar-refractivity contribution in [1.82, 2.24) is 4.98 Å². The molecule has 2 nitrogen and oxygen atoms in total. The molecule has 1 aromatic heterocycles. The van der Waals surface area contributed by atoms with Crippen LogP contribution in [0.2, 0.25) is 5.02 Å². The van der Waals surface area contributed by atoms with Crippen molar-refractivity contribution in [2.45, 2.75) is 19.3 Å². The maximum Gasteiger partial charge on any atom is 0.0621 e. The highest BCUT2D eigenvalue weighted by Gasteiger charge is 2.41. The maximum atomic E-state index is 6.01. The summed E-state index contributed by atoms with van der Waals surface area (Å²) in [5.41, 5.74) is 7.24. The highest BCUT2D eigenvalue weighted by atomic mass is 35.5. The number of rotatable bonds is 3. The molecule has 0 radical (unpaired) electrons. The number of hydrogen-bond acceptors (Lipinski definition) is 2. The van der Waals surface area contributed by atoms with Crippen LogP contribution in [0.15, 0.2) is 18.5 Å². The first-order chi connectivity index (χ1) is 6.26. The Morgan fingerprint density at radius 2 is 2.31 bits per heavy atom. The highest BCUT2D eigenvalue weighted by Crippen LogP contribution is 2.47. The zero-order valence-corrected chi connectivity index (χ0v) is 8.22. The number of halogens is 1. The summed E-state index contributed by atoms with van der Waals surface area (Å²) < 4.78 is 0. The van der Waals surface area contributed by atoms with Crippen molar-refractivity contribution in [2.24, 2.45) is 11.1 Å². The molecule has 2 N–H and O–H groups in total. The lowest BCUT2D eigenvalue weighted by molar-refractivity contribution is 0.521. The molecule has 0 bridgehead atoms. The second-order valence-electron chi connectivity index (χ2n) is 3.85. The van der Waals surface area contributed by atoms with Gasteiger partial charge in [-0.2, -0.15) is 0 Å². The van der Waals surface area contributed by atoms with Crippen molar-refractivity contribution < 1.29 is 0 Å². The minimum absolute atomic E-state index is 0.352. The molecule has 1 saturated carbocycles. The van der Waals surface area contributed by atoms with Gasteiger partial charge in [-0.05, 0) is 42.9 Å². The van der Waals surface area contributed by atoms with E-state index in [0.717, 1.165) is 18.0 Å². The van der Waals surface area contributed by atoms with Gasteiger partial charge in [0.1, 0.15) is 0 Å². The Hall–Kier alpha value is -0.600. The molecule has 2 rings (SSSR count). The molecule has 1 fully saturated rings. The quantitative estimate of drug-likeness (QED) is 0.804. The molecule has 1 aliphatic carbocycles. The Morgan fingerprint density at radius 3 is 2.85 bits per heavy atom. The molecule has 0 atom stereocenters. The first kappa shape index (κ1) is 8.97. The summed E-state index contributed by atoms with van der Waals surface area (Å²) in [6.45, 7) is 0.769. The Bertz CT molecular complexity index is 308. The largest absolute Gasteiger partial charge is 0.330 e. The molecule has 0 aliphatic heterocycles. The molecule has 3 heteroatoms. The van der Waals surface area contributed by atoms with E-state index in [9.17, 15) is 0 Å². The molecular weight excluding hydrogens is 184 g/mol. The van der Waals surface area contributed by atoms with Gasteiger partial charge in [-0.15, -0.1) is 0 Å². The second kappa shape index (κ2) is 3.28. The molecule has 0 aromatic carbocycles. The van der Waals surface area contributed by atoms with Gasteiger partial charge in [-0.1, -0.05) is 11.6 Å². The third kappa shape index (κ3) is 1.84. The summed E-state index contributed by atoms with van der Waals surface area (Å²) in [5, 5.41) is 0.766. The van der Waals surface area contributed by atoms with Crippen LogP contribution < -0.4 is 5.73 Å². The summed E-state index contributed by atoms with van der Waals surface area (Å²) in [5.74, 6) is 0. The lowest BCUT2D eigenvalue weighted by atomic mass is 9.97. The van der Waals surface area contributed by atoms with Gasteiger partial charge < -0.3 is 5.73 Å². The van der Waals surface area contributed by atoms with E-state index < -0.39 is 0 Å². The minimum Gasteiger partial charge on any atom is -0.330 e. The zero-order valence-electron chi connectivity index (χ0n) is 7.46. The Morgan fingerprint density at radius 1 is 1.54 bits per heavy atom. The topological polar surface area (TPSA) is 38.9 Å². The van der Waals surface area contributed by atoms with Crippen LogP contribution in [0, 0.1) is 5.41 Å². The molecule has 0 amide bonds. The van der Waals surface area contributed by atoms with Gasteiger partial charge in [0, 0.05) is 12.4 Å². The van der Waals surface area contributed by atoms with Crippen LogP contribution in [0.1, 0.15) is 18.4 Å². The van der Waals surface area contributed by atoms with Crippen LogP contribution in [-0.2, 0) is 6.42 Å². The van der Waals surface area contributed by atoms with Crippen LogP contribution in [0.3, 0.4) is 0 Å². The van der Waals surface area contributed by atoms with Crippen LogP contribution in [0.25, 0.3) is 0 Å². The van der Waals surface area contributed by atoms with Gasteiger partial charge in [0.15, 0.2) is 0 Å². The predicted molar refractivity (Wildman–Crippen MR) is 53.7 cm³/mol. The van der Waals surface area contributed by atoms with Crippen molar-refractivity contribution in [1.29, 1.82) is 0 Å². The van der Waals surface area contributed by atoms with Crippen molar-refractivity contribution >= 4 is 11.6 Å². The fourth-order valence-electron chi connectivity index (χ4n) is 1.58. The standard InChI is InChI=1S/C10H13ClN2/c11-9-6-13-4-1-8(9)5-10(7-12)2-3-10/h1,4,6H,2-3,5,7,12H2. The highest BCUT2D eigenvalue weighted by molar-refractivity contribution is 6.31. The second-order valence-corrected chi connectivity index (χ2v) is 4.26. The third-order valence-electron chi connectivity index (χ3n) is 2.81. The third-order valence-corrected chi connectivity index (χ3v) is 3.15. The van der Waals surface area contributed by atoms with E-state index in [0.29, 0.717) is 5.41 Å². The summed E-state index contributed by atoms with van der Waals surface area (Å²) in [6, 6.07) is 1.98. The minimum atomic E-state index is 0.352. The summed E-state index contributed by atoms with van der Waals surface area (Å²) >= 11 is 6.01. The van der Waals surface area contributed by atoms with Crippen molar-refractivity contribution in [3.05, 3.63) is 29.0 Å². The summed E-state index contributed by atoms with van der Waals surface area (Å²) in [6.07, 6.45) is 6.96. The lowest BCUT2D eigenvalue weighted by Gasteiger charge is -2.12. The molecule has 70 valence electrons. The number of nitrogens with zero attached hydrogens (tertiary/aromatic N) is 1. The van der Waals surface area contributed by atoms with E-state index in [2.05, 4.69) is 4.98 Å². The first-order valence-electron chi connectivity index (χ1n) is 4.54. The van der Waals surface area contributed by atoms with Gasteiger partial charge in [-0.3, -0.25) is 4.98 Å². The molecule has 0 unspecified atom stereocenters. The van der Waals surface area contributed by atoms with E-state index in [1.807, 2.05) is 6.07 Å². The van der Waals surface area contributed by atoms with E-state index in [1.54, 1.807) is 12.4 Å². The van der Waals surface area contributed by atoms with Gasteiger partial charge in [0.25, 0.3) is 0 Å². The van der Waals surface area contributed by atoms with E-state index in [1.165, 1.54) is 18.4 Å². The van der Waals surface area contributed by atoms with Crippen molar-refractivity contribution in [3.8, 4) is 0 Å². The van der Waals surface area contributed by atoms with Gasteiger partial charge in [0.2, 0.25) is 0 Å². The molecule has 13 heavy (non-hydrogen) atoms. The average Bonchev–Trinajstić information content (AvgIpc) is 2.90. The van der Waals surface area contributed by atoms with Crippen LogP contribution in [0.4, 0.5) is 0 Å². The molecule has 1 heterocycles. The summed E-state index contributed by atoms with van der Waals surface area (Å²) in [4.78, 5) is 3.96. The Kier molecular flexibility index (Phi) is 2.26. The van der Waals surface area contributed by atoms with E-state index in [-0.39, 0.29) is 0 Å². The lowest BCUT2D eigenvalue weighted by Crippen LogP contribution is -2.18. The number of nitrogens with two attached hydrogens (primary N) is 1. The molecule has 0 spiro atoms. The van der Waals surface area contributed by atoms with Crippen LogP contribution in [-0.4, -0.2) is 11.5 Å². The maximum absolute atomic E-state index is 6.01. The normalized spacial score (nSPS) is 18.6.